The molecule has 1 aliphatic rings. The lowest BCUT2D eigenvalue weighted by Gasteiger charge is -2.23. The van der Waals surface area contributed by atoms with Gasteiger partial charge in [-0.15, -0.1) is 11.3 Å². The highest BCUT2D eigenvalue weighted by Gasteiger charge is 2.23. The summed E-state index contributed by atoms with van der Waals surface area (Å²) in [5.41, 5.74) is 4.84. The van der Waals surface area contributed by atoms with Gasteiger partial charge in [0.1, 0.15) is 5.69 Å². The van der Waals surface area contributed by atoms with Crippen LogP contribution in [0, 0.1) is 0 Å². The van der Waals surface area contributed by atoms with E-state index in [-0.39, 0.29) is 11.9 Å². The van der Waals surface area contributed by atoms with E-state index in [1.807, 2.05) is 0 Å². The average molecular weight is 288 g/mol. The molecule has 0 saturated heterocycles. The third-order valence-corrected chi connectivity index (χ3v) is 4.52. The van der Waals surface area contributed by atoms with Crippen molar-refractivity contribution < 1.29 is 4.79 Å². The summed E-state index contributed by atoms with van der Waals surface area (Å²) in [6.45, 7) is 0. The van der Waals surface area contributed by atoms with Gasteiger partial charge >= 0.3 is 0 Å². The first-order chi connectivity index (χ1) is 9.78. The molecular formula is C14H16N4OS. The van der Waals surface area contributed by atoms with E-state index in [0.717, 1.165) is 19.3 Å². The molecule has 0 aromatic carbocycles. The van der Waals surface area contributed by atoms with Crippen molar-refractivity contribution in [2.75, 3.05) is 5.43 Å². The summed E-state index contributed by atoms with van der Waals surface area (Å²) in [5, 5.41) is 5.16. The number of carbonyl (C=O) groups excluding carboxylic acids is 1. The van der Waals surface area contributed by atoms with Crippen LogP contribution in [0.15, 0.2) is 29.8 Å². The minimum atomic E-state index is -0.141. The Morgan fingerprint density at radius 1 is 1.40 bits per heavy atom. The number of nitrogens with one attached hydrogen (secondary N) is 2. The number of amides is 1. The van der Waals surface area contributed by atoms with Gasteiger partial charge in [-0.2, -0.15) is 0 Å². The maximum absolute atomic E-state index is 12.2. The van der Waals surface area contributed by atoms with Crippen molar-refractivity contribution in [2.45, 2.75) is 25.3 Å². The molecule has 2 heterocycles. The summed E-state index contributed by atoms with van der Waals surface area (Å²) in [6, 6.07) is 5.62. The lowest BCUT2D eigenvalue weighted by molar-refractivity contribution is 0.0928. The molecule has 20 heavy (non-hydrogen) atoms. The van der Waals surface area contributed by atoms with Crippen LogP contribution in [0.25, 0.3) is 0 Å². The summed E-state index contributed by atoms with van der Waals surface area (Å²) in [5.74, 6) is 5.14. The van der Waals surface area contributed by atoms with E-state index in [9.17, 15) is 4.79 Å². The molecule has 3 rings (SSSR count). The lowest BCUT2D eigenvalue weighted by atomic mass is 9.94. The van der Waals surface area contributed by atoms with Gasteiger partial charge in [-0.3, -0.25) is 10.6 Å². The van der Waals surface area contributed by atoms with Crippen molar-refractivity contribution in [3.05, 3.63) is 45.9 Å². The van der Waals surface area contributed by atoms with Gasteiger partial charge in [0, 0.05) is 4.88 Å². The second kappa shape index (κ2) is 5.60. The van der Waals surface area contributed by atoms with E-state index in [0.29, 0.717) is 11.4 Å². The fourth-order valence-electron chi connectivity index (χ4n) is 2.48. The van der Waals surface area contributed by atoms with Crippen LogP contribution in [0.5, 0.6) is 0 Å². The van der Waals surface area contributed by atoms with E-state index >= 15 is 0 Å². The molecular weight excluding hydrogens is 272 g/mol. The van der Waals surface area contributed by atoms with Crippen molar-refractivity contribution >= 4 is 22.9 Å². The van der Waals surface area contributed by atoms with Gasteiger partial charge in [-0.1, -0.05) is 0 Å². The van der Waals surface area contributed by atoms with Crippen molar-refractivity contribution in [3.63, 3.8) is 0 Å². The first-order valence-electron chi connectivity index (χ1n) is 6.57. The number of thiophene rings is 1. The predicted octanol–water partition coefficient (Wildman–Crippen LogP) is 2.24. The minimum absolute atomic E-state index is 0.103. The van der Waals surface area contributed by atoms with Crippen molar-refractivity contribution in [2.24, 2.45) is 5.84 Å². The summed E-state index contributed by atoms with van der Waals surface area (Å²) < 4.78 is 0. The predicted molar refractivity (Wildman–Crippen MR) is 79.5 cm³/mol. The van der Waals surface area contributed by atoms with Gasteiger partial charge in [-0.25, -0.2) is 4.98 Å². The Labute approximate surface area is 121 Å². The number of carbonyl (C=O) groups is 1. The molecule has 0 radical (unpaired) electrons. The minimum Gasteiger partial charge on any atom is -0.344 e. The van der Waals surface area contributed by atoms with Crippen LogP contribution in [0.4, 0.5) is 5.69 Å². The number of anilines is 1. The number of aromatic nitrogens is 1. The molecule has 5 nitrogen and oxygen atoms in total. The average Bonchev–Trinajstić information content (AvgIpc) is 2.97. The summed E-state index contributed by atoms with van der Waals surface area (Å²) >= 11 is 1.77. The normalized spacial score (nSPS) is 17.4. The highest BCUT2D eigenvalue weighted by atomic mass is 32.1. The lowest BCUT2D eigenvalue weighted by Crippen LogP contribution is -2.31. The third kappa shape index (κ3) is 2.52. The standard InChI is InChI=1S/C14H16N4OS/c15-18-9-4-5-12(16-8-9)14(19)17-11-2-1-3-13-10(11)6-7-20-13/h4-8,11,18H,1-3,15H2,(H,17,19). The van der Waals surface area contributed by atoms with Gasteiger partial charge in [0.25, 0.3) is 5.91 Å². The van der Waals surface area contributed by atoms with E-state index in [2.05, 4.69) is 27.2 Å². The van der Waals surface area contributed by atoms with E-state index in [1.54, 1.807) is 29.7 Å². The van der Waals surface area contributed by atoms with Crippen LogP contribution in [-0.4, -0.2) is 10.9 Å². The van der Waals surface area contributed by atoms with Crippen LogP contribution < -0.4 is 16.6 Å². The quantitative estimate of drug-likeness (QED) is 0.597. The Bertz CT molecular complexity index is 608. The highest BCUT2D eigenvalue weighted by molar-refractivity contribution is 7.10. The number of hydrogen-bond donors (Lipinski definition) is 3. The molecule has 2 aromatic rings. The summed E-state index contributed by atoms with van der Waals surface area (Å²) in [7, 11) is 0. The number of rotatable bonds is 3. The number of hydrazine groups is 1. The molecule has 0 spiro atoms. The molecule has 1 amide bonds. The second-order valence-electron chi connectivity index (χ2n) is 4.79. The van der Waals surface area contributed by atoms with Gasteiger partial charge in [0.05, 0.1) is 17.9 Å². The van der Waals surface area contributed by atoms with Crippen molar-refractivity contribution in [1.29, 1.82) is 0 Å². The zero-order valence-electron chi connectivity index (χ0n) is 10.9. The molecule has 0 aliphatic heterocycles. The molecule has 0 saturated carbocycles. The largest absolute Gasteiger partial charge is 0.344 e. The molecule has 0 fully saturated rings. The third-order valence-electron chi connectivity index (χ3n) is 3.52. The zero-order valence-corrected chi connectivity index (χ0v) is 11.7. The molecule has 0 bridgehead atoms. The fraction of sp³-hybridized carbons (Fsp3) is 0.286. The smallest absolute Gasteiger partial charge is 0.270 e. The first-order valence-corrected chi connectivity index (χ1v) is 7.45. The van der Waals surface area contributed by atoms with Gasteiger partial charge in [-0.05, 0) is 48.4 Å². The Balaban J connectivity index is 1.73. The number of fused-ring (bicyclic) bond motifs is 1. The van der Waals surface area contributed by atoms with Crippen LogP contribution >= 0.6 is 11.3 Å². The SMILES string of the molecule is NNc1ccc(C(=O)NC2CCCc3sccc32)nc1. The van der Waals surface area contributed by atoms with Gasteiger partial charge in [0.2, 0.25) is 0 Å². The molecule has 4 N–H and O–H groups in total. The number of nitrogen functional groups attached to an aromatic ring is 1. The molecule has 1 atom stereocenters. The Kier molecular flexibility index (Phi) is 3.66. The monoisotopic (exact) mass is 288 g/mol. The van der Waals surface area contributed by atoms with Crippen LogP contribution in [0.2, 0.25) is 0 Å². The molecule has 6 heteroatoms. The second-order valence-corrected chi connectivity index (χ2v) is 5.79. The number of pyridine rings is 1. The van der Waals surface area contributed by atoms with E-state index < -0.39 is 0 Å². The fourth-order valence-corrected chi connectivity index (χ4v) is 3.47. The van der Waals surface area contributed by atoms with Gasteiger partial charge < -0.3 is 10.7 Å². The van der Waals surface area contributed by atoms with E-state index in [1.165, 1.54) is 10.4 Å². The maximum atomic E-state index is 12.2. The Morgan fingerprint density at radius 3 is 3.05 bits per heavy atom. The van der Waals surface area contributed by atoms with Crippen molar-refractivity contribution in [3.8, 4) is 0 Å². The first kappa shape index (κ1) is 13.1. The number of nitrogens with two attached hydrogens (primary N) is 1. The highest BCUT2D eigenvalue weighted by Crippen LogP contribution is 2.33. The number of aryl methyl sites for hydroxylation is 1. The summed E-state index contributed by atoms with van der Waals surface area (Å²) in [4.78, 5) is 17.7. The topological polar surface area (TPSA) is 80.0 Å². The molecule has 1 aliphatic carbocycles. The number of hydrogen-bond acceptors (Lipinski definition) is 5. The Morgan fingerprint density at radius 2 is 2.30 bits per heavy atom. The number of nitrogens with zero attached hydrogens (tertiary/aromatic N) is 1. The van der Waals surface area contributed by atoms with E-state index in [4.69, 9.17) is 5.84 Å². The molecule has 1 unspecified atom stereocenters. The van der Waals surface area contributed by atoms with Crippen molar-refractivity contribution in [1.82, 2.24) is 10.3 Å². The molecule has 2 aromatic heterocycles. The maximum Gasteiger partial charge on any atom is 0.270 e. The van der Waals surface area contributed by atoms with Gasteiger partial charge in [0.15, 0.2) is 0 Å². The van der Waals surface area contributed by atoms with Crippen LogP contribution in [-0.2, 0) is 6.42 Å². The zero-order chi connectivity index (χ0) is 13.9. The van der Waals surface area contributed by atoms with Crippen LogP contribution in [0.3, 0.4) is 0 Å². The molecule has 104 valence electrons. The Hall–Kier alpha value is -1.92. The van der Waals surface area contributed by atoms with Crippen LogP contribution in [0.1, 0.15) is 39.8 Å². The summed E-state index contributed by atoms with van der Waals surface area (Å²) in [6.07, 6.45) is 4.76.